The number of carbonyl (C=O) groups is 1. The Labute approximate surface area is 179 Å². The van der Waals surface area contributed by atoms with Crippen molar-refractivity contribution in [3.63, 3.8) is 0 Å². The molecule has 0 bridgehead atoms. The third-order valence-electron chi connectivity index (χ3n) is 5.35. The molecule has 1 heterocycles. The largest absolute Gasteiger partial charge is 0.490 e. The maximum atomic E-state index is 12.6. The van der Waals surface area contributed by atoms with Crippen LogP contribution >= 0.6 is 0 Å². The minimum Gasteiger partial charge on any atom is -0.490 e. The quantitative estimate of drug-likeness (QED) is 0.683. The summed E-state index contributed by atoms with van der Waals surface area (Å²) in [6.07, 6.45) is 0.864. The highest BCUT2D eigenvalue weighted by molar-refractivity contribution is 5.78. The van der Waals surface area contributed by atoms with Crippen LogP contribution in [-0.2, 0) is 4.79 Å². The van der Waals surface area contributed by atoms with Gasteiger partial charge in [0.25, 0.3) is 5.91 Å². The Balaban J connectivity index is 1.65. The molecule has 0 aromatic heterocycles. The molecule has 5 nitrogen and oxygen atoms in total. The number of nitrogens with one attached hydrogen (secondary N) is 1. The zero-order chi connectivity index (χ0) is 21.7. The molecule has 0 spiro atoms. The Morgan fingerprint density at radius 1 is 1.03 bits per heavy atom. The molecular weight excluding hydrogens is 378 g/mol. The van der Waals surface area contributed by atoms with Crippen LogP contribution in [0.25, 0.3) is 0 Å². The lowest BCUT2D eigenvalue weighted by Gasteiger charge is -2.24. The van der Waals surface area contributed by atoms with Gasteiger partial charge in [0.1, 0.15) is 5.75 Å². The summed E-state index contributed by atoms with van der Waals surface area (Å²) in [5.41, 5.74) is 3.47. The van der Waals surface area contributed by atoms with Gasteiger partial charge >= 0.3 is 0 Å². The van der Waals surface area contributed by atoms with E-state index < -0.39 is 0 Å². The van der Waals surface area contributed by atoms with Crippen LogP contribution in [0.2, 0.25) is 0 Å². The maximum absolute atomic E-state index is 12.6. The summed E-state index contributed by atoms with van der Waals surface area (Å²) in [5, 5.41) is 3.11. The van der Waals surface area contributed by atoms with Crippen molar-refractivity contribution in [1.29, 1.82) is 0 Å². The van der Waals surface area contributed by atoms with Crippen LogP contribution in [0.5, 0.6) is 17.2 Å². The van der Waals surface area contributed by atoms with E-state index >= 15 is 0 Å². The summed E-state index contributed by atoms with van der Waals surface area (Å²) in [5.74, 6) is 2.74. The van der Waals surface area contributed by atoms with Crippen LogP contribution < -0.4 is 19.5 Å². The minimum absolute atomic E-state index is 0.0196. The summed E-state index contributed by atoms with van der Waals surface area (Å²) in [6.45, 7) is 11.9. The second-order valence-electron chi connectivity index (χ2n) is 8.51. The highest BCUT2D eigenvalue weighted by atomic mass is 16.5. The summed E-state index contributed by atoms with van der Waals surface area (Å²) >= 11 is 0. The van der Waals surface area contributed by atoms with Gasteiger partial charge in [0.15, 0.2) is 18.1 Å². The van der Waals surface area contributed by atoms with Gasteiger partial charge in [-0.2, -0.15) is 0 Å². The highest BCUT2D eigenvalue weighted by Gasteiger charge is 2.21. The number of hydrogen-bond acceptors (Lipinski definition) is 4. The van der Waals surface area contributed by atoms with E-state index in [2.05, 4.69) is 46.0 Å². The van der Waals surface area contributed by atoms with Crippen molar-refractivity contribution in [2.45, 2.75) is 53.0 Å². The molecule has 0 unspecified atom stereocenters. The standard InChI is InChI=1S/C25H33NO4/c1-16(2)21-9-8-20(13-18(21)5)30-15-24(27)26-25(17(3)4)19-7-10-22-23(14-19)29-12-6-11-28-22/h7-10,13-14,16-17,25H,6,11-12,15H2,1-5H3,(H,26,27)/t25-/m0/s1. The van der Waals surface area contributed by atoms with Gasteiger partial charge in [-0.05, 0) is 59.7 Å². The van der Waals surface area contributed by atoms with Crippen LogP contribution in [0.4, 0.5) is 0 Å². The van der Waals surface area contributed by atoms with E-state index in [1.54, 1.807) is 0 Å². The van der Waals surface area contributed by atoms with Gasteiger partial charge in [-0.1, -0.05) is 39.8 Å². The maximum Gasteiger partial charge on any atom is 0.258 e. The molecule has 1 aliphatic heterocycles. The first-order chi connectivity index (χ1) is 14.3. The summed E-state index contributed by atoms with van der Waals surface area (Å²) in [6, 6.07) is 11.7. The lowest BCUT2D eigenvalue weighted by Crippen LogP contribution is -2.35. The fourth-order valence-electron chi connectivity index (χ4n) is 3.76. The van der Waals surface area contributed by atoms with Crippen molar-refractivity contribution in [3.8, 4) is 17.2 Å². The average Bonchev–Trinajstić information content (AvgIpc) is 2.94. The van der Waals surface area contributed by atoms with Gasteiger partial charge in [-0.3, -0.25) is 4.79 Å². The Morgan fingerprint density at radius 3 is 2.43 bits per heavy atom. The fourth-order valence-corrected chi connectivity index (χ4v) is 3.76. The lowest BCUT2D eigenvalue weighted by atomic mass is 9.95. The first kappa shape index (κ1) is 22.0. The van der Waals surface area contributed by atoms with Crippen LogP contribution in [-0.4, -0.2) is 25.7 Å². The van der Waals surface area contributed by atoms with Crippen molar-refractivity contribution in [2.24, 2.45) is 5.92 Å². The number of hydrogen-bond donors (Lipinski definition) is 1. The summed E-state index contributed by atoms with van der Waals surface area (Å²) in [4.78, 5) is 12.6. The molecule has 2 aromatic rings. The number of aryl methyl sites for hydroxylation is 1. The monoisotopic (exact) mass is 411 g/mol. The van der Waals surface area contributed by atoms with Crippen LogP contribution in [0.1, 0.15) is 62.8 Å². The highest BCUT2D eigenvalue weighted by Crippen LogP contribution is 2.34. The van der Waals surface area contributed by atoms with E-state index in [1.807, 2.05) is 30.3 Å². The van der Waals surface area contributed by atoms with Crippen molar-refractivity contribution in [3.05, 3.63) is 53.1 Å². The molecule has 5 heteroatoms. The first-order valence-electron chi connectivity index (χ1n) is 10.8. The lowest BCUT2D eigenvalue weighted by molar-refractivity contribution is -0.124. The summed E-state index contributed by atoms with van der Waals surface area (Å²) < 4.78 is 17.3. The normalized spacial score (nSPS) is 14.4. The van der Waals surface area contributed by atoms with Gasteiger partial charge in [-0.15, -0.1) is 0 Å². The van der Waals surface area contributed by atoms with Crippen LogP contribution in [0.15, 0.2) is 36.4 Å². The molecule has 162 valence electrons. The van der Waals surface area contributed by atoms with E-state index in [0.29, 0.717) is 24.9 Å². The number of ether oxygens (including phenoxy) is 3. The predicted octanol–water partition coefficient (Wildman–Crippen LogP) is 5.17. The topological polar surface area (TPSA) is 56.8 Å². The predicted molar refractivity (Wildman–Crippen MR) is 119 cm³/mol. The molecule has 0 saturated heterocycles. The smallest absolute Gasteiger partial charge is 0.258 e. The van der Waals surface area contributed by atoms with Gasteiger partial charge in [0.2, 0.25) is 0 Å². The van der Waals surface area contributed by atoms with E-state index in [9.17, 15) is 4.79 Å². The van der Waals surface area contributed by atoms with E-state index in [1.165, 1.54) is 11.1 Å². The SMILES string of the molecule is Cc1cc(OCC(=O)N[C@H](c2ccc3c(c2)OCCCO3)C(C)C)ccc1C(C)C. The second-order valence-corrected chi connectivity index (χ2v) is 8.51. The number of amides is 1. The van der Waals surface area contributed by atoms with Crippen molar-refractivity contribution in [1.82, 2.24) is 5.32 Å². The zero-order valence-corrected chi connectivity index (χ0v) is 18.7. The van der Waals surface area contributed by atoms with Gasteiger partial charge in [-0.25, -0.2) is 0 Å². The number of rotatable bonds is 7. The van der Waals surface area contributed by atoms with E-state index in [4.69, 9.17) is 14.2 Å². The molecule has 1 N–H and O–H groups in total. The Morgan fingerprint density at radius 2 is 1.77 bits per heavy atom. The number of carbonyl (C=O) groups excluding carboxylic acids is 1. The molecule has 1 amide bonds. The fraction of sp³-hybridized carbons (Fsp3) is 0.480. The third kappa shape index (κ3) is 5.47. The zero-order valence-electron chi connectivity index (χ0n) is 18.7. The Hall–Kier alpha value is -2.69. The molecule has 0 saturated carbocycles. The van der Waals surface area contributed by atoms with Crippen molar-refractivity contribution in [2.75, 3.05) is 19.8 Å². The Kier molecular flexibility index (Phi) is 7.24. The third-order valence-corrected chi connectivity index (χ3v) is 5.35. The molecule has 0 aliphatic carbocycles. The summed E-state index contributed by atoms with van der Waals surface area (Å²) in [7, 11) is 0. The number of benzene rings is 2. The van der Waals surface area contributed by atoms with Crippen LogP contribution in [0.3, 0.4) is 0 Å². The van der Waals surface area contributed by atoms with Gasteiger partial charge in [0.05, 0.1) is 19.3 Å². The molecule has 1 atom stereocenters. The van der Waals surface area contributed by atoms with Gasteiger partial charge in [0, 0.05) is 6.42 Å². The average molecular weight is 412 g/mol. The first-order valence-corrected chi connectivity index (χ1v) is 10.8. The van der Waals surface area contributed by atoms with Crippen molar-refractivity contribution >= 4 is 5.91 Å². The molecule has 0 radical (unpaired) electrons. The van der Waals surface area contributed by atoms with E-state index in [0.717, 1.165) is 23.5 Å². The van der Waals surface area contributed by atoms with Crippen LogP contribution in [0, 0.1) is 12.8 Å². The molecule has 2 aromatic carbocycles. The molecule has 0 fully saturated rings. The minimum atomic E-state index is -0.147. The molecular formula is C25H33NO4. The molecule has 1 aliphatic rings. The molecule has 3 rings (SSSR count). The second kappa shape index (κ2) is 9.88. The van der Waals surface area contributed by atoms with Crippen molar-refractivity contribution < 1.29 is 19.0 Å². The molecule has 30 heavy (non-hydrogen) atoms. The van der Waals surface area contributed by atoms with Gasteiger partial charge < -0.3 is 19.5 Å². The number of fused-ring (bicyclic) bond motifs is 1. The van der Waals surface area contributed by atoms with E-state index in [-0.39, 0.29) is 24.5 Å². The Bertz CT molecular complexity index is 875.